The summed E-state index contributed by atoms with van der Waals surface area (Å²) >= 11 is 3.38. The Hall–Kier alpha value is -1.10. The fourth-order valence-electron chi connectivity index (χ4n) is 2.35. The Morgan fingerprint density at radius 2 is 2.25 bits per heavy atom. The minimum absolute atomic E-state index is 0.206. The van der Waals surface area contributed by atoms with E-state index in [9.17, 15) is 4.79 Å². The van der Waals surface area contributed by atoms with E-state index in [0.717, 1.165) is 36.2 Å². The Balaban J connectivity index is 1.88. The number of hydrogen-bond acceptors (Lipinski definition) is 3. The maximum absolute atomic E-state index is 12.0. The molecule has 0 aromatic carbocycles. The molecule has 110 valence electrons. The molecule has 4 nitrogen and oxygen atoms in total. The van der Waals surface area contributed by atoms with E-state index < -0.39 is 5.60 Å². The van der Waals surface area contributed by atoms with Crippen molar-refractivity contribution < 1.29 is 9.53 Å². The molecule has 1 aromatic rings. The van der Waals surface area contributed by atoms with Crippen molar-refractivity contribution in [2.75, 3.05) is 13.1 Å². The summed E-state index contributed by atoms with van der Waals surface area (Å²) in [4.78, 5) is 18.2. The Bertz CT molecular complexity index is 485. The molecule has 2 rings (SSSR count). The van der Waals surface area contributed by atoms with E-state index in [1.807, 2.05) is 39.0 Å². The van der Waals surface area contributed by atoms with Gasteiger partial charge >= 0.3 is 6.09 Å². The standard InChI is InChI=1S/C15H21BrN2O2/c1-15(2,3)20-14(19)18-8-7-11(10-18)9-12-5-4-6-13(16)17-12/h4-6,11H,7-10H2,1-3H3/t11-/m1/s1. The van der Waals surface area contributed by atoms with Crippen LogP contribution in [0.3, 0.4) is 0 Å². The second-order valence-electron chi connectivity index (χ2n) is 6.24. The molecule has 1 saturated heterocycles. The maximum atomic E-state index is 12.0. The topological polar surface area (TPSA) is 42.4 Å². The van der Waals surface area contributed by atoms with Crippen LogP contribution in [0.1, 0.15) is 32.9 Å². The van der Waals surface area contributed by atoms with Crippen LogP contribution in [-0.2, 0) is 11.2 Å². The van der Waals surface area contributed by atoms with Crippen LogP contribution in [0.5, 0.6) is 0 Å². The van der Waals surface area contributed by atoms with Crippen LogP contribution in [0, 0.1) is 5.92 Å². The van der Waals surface area contributed by atoms with Gasteiger partial charge in [-0.25, -0.2) is 9.78 Å². The van der Waals surface area contributed by atoms with Gasteiger partial charge in [0, 0.05) is 18.8 Å². The molecule has 0 bridgehead atoms. The number of hydrogen-bond donors (Lipinski definition) is 0. The predicted octanol–water partition coefficient (Wildman–Crippen LogP) is 3.64. The molecule has 0 radical (unpaired) electrons. The van der Waals surface area contributed by atoms with E-state index in [-0.39, 0.29) is 6.09 Å². The van der Waals surface area contributed by atoms with Crippen molar-refractivity contribution >= 4 is 22.0 Å². The smallest absolute Gasteiger partial charge is 0.410 e. The van der Waals surface area contributed by atoms with Gasteiger partial charge in [0.2, 0.25) is 0 Å². The highest BCUT2D eigenvalue weighted by molar-refractivity contribution is 9.10. The third kappa shape index (κ3) is 4.47. The molecule has 0 aliphatic carbocycles. The van der Waals surface area contributed by atoms with Gasteiger partial charge in [-0.1, -0.05) is 6.07 Å². The second-order valence-corrected chi connectivity index (χ2v) is 7.05. The van der Waals surface area contributed by atoms with E-state index in [4.69, 9.17) is 4.74 Å². The summed E-state index contributed by atoms with van der Waals surface area (Å²) in [7, 11) is 0. The molecular formula is C15H21BrN2O2. The van der Waals surface area contributed by atoms with Gasteiger partial charge in [0.25, 0.3) is 0 Å². The van der Waals surface area contributed by atoms with Gasteiger partial charge in [0.05, 0.1) is 0 Å². The summed E-state index contributed by atoms with van der Waals surface area (Å²) in [5.41, 5.74) is 0.636. The molecule has 1 amide bonds. The zero-order valence-electron chi connectivity index (χ0n) is 12.2. The van der Waals surface area contributed by atoms with Gasteiger partial charge in [-0.3, -0.25) is 0 Å². The molecular weight excluding hydrogens is 320 g/mol. The SMILES string of the molecule is CC(C)(C)OC(=O)N1CC[C@H](Cc2cccc(Br)n2)C1. The molecule has 0 saturated carbocycles. The third-order valence-corrected chi connectivity index (χ3v) is 3.65. The number of halogens is 1. The first-order valence-corrected chi connectivity index (χ1v) is 7.72. The van der Waals surface area contributed by atoms with Crippen molar-refractivity contribution in [1.29, 1.82) is 0 Å². The summed E-state index contributed by atoms with van der Waals surface area (Å²) in [5.74, 6) is 0.462. The van der Waals surface area contributed by atoms with Crippen molar-refractivity contribution in [3.05, 3.63) is 28.5 Å². The molecule has 1 fully saturated rings. The highest BCUT2D eigenvalue weighted by Crippen LogP contribution is 2.22. The van der Waals surface area contributed by atoms with Gasteiger partial charge < -0.3 is 9.64 Å². The quantitative estimate of drug-likeness (QED) is 0.772. The summed E-state index contributed by atoms with van der Waals surface area (Å²) in [5, 5.41) is 0. The van der Waals surface area contributed by atoms with Gasteiger partial charge in [0.15, 0.2) is 0 Å². The number of likely N-dealkylation sites (tertiary alicyclic amines) is 1. The number of carbonyl (C=O) groups is 1. The molecule has 1 aliphatic rings. The lowest BCUT2D eigenvalue weighted by Gasteiger charge is -2.24. The van der Waals surface area contributed by atoms with Crippen LogP contribution < -0.4 is 0 Å². The van der Waals surface area contributed by atoms with Crippen LogP contribution in [0.2, 0.25) is 0 Å². The fraction of sp³-hybridized carbons (Fsp3) is 0.600. The normalized spacial score (nSPS) is 19.2. The monoisotopic (exact) mass is 340 g/mol. The van der Waals surface area contributed by atoms with Crippen molar-refractivity contribution in [1.82, 2.24) is 9.88 Å². The third-order valence-electron chi connectivity index (χ3n) is 3.21. The first-order valence-electron chi connectivity index (χ1n) is 6.93. The molecule has 1 aromatic heterocycles. The fourth-order valence-corrected chi connectivity index (χ4v) is 2.73. The van der Waals surface area contributed by atoms with E-state index in [2.05, 4.69) is 20.9 Å². The van der Waals surface area contributed by atoms with Crippen LogP contribution in [0.4, 0.5) is 4.79 Å². The molecule has 20 heavy (non-hydrogen) atoms. The summed E-state index contributed by atoms with van der Waals surface area (Å²) in [6.07, 6.45) is 1.70. The molecule has 0 unspecified atom stereocenters. The zero-order chi connectivity index (χ0) is 14.8. The average molecular weight is 341 g/mol. The average Bonchev–Trinajstić information content (AvgIpc) is 2.75. The molecule has 0 N–H and O–H groups in total. The number of pyridine rings is 1. The molecule has 1 atom stereocenters. The van der Waals surface area contributed by atoms with Crippen LogP contribution in [-0.4, -0.2) is 34.7 Å². The zero-order valence-corrected chi connectivity index (χ0v) is 13.8. The Kier molecular flexibility index (Phi) is 4.68. The number of aromatic nitrogens is 1. The lowest BCUT2D eigenvalue weighted by Crippen LogP contribution is -2.35. The first kappa shape index (κ1) is 15.3. The highest BCUT2D eigenvalue weighted by atomic mass is 79.9. The van der Waals surface area contributed by atoms with Gasteiger partial charge in [-0.15, -0.1) is 0 Å². The molecule has 2 heterocycles. The van der Waals surface area contributed by atoms with Crippen molar-refractivity contribution in [2.45, 2.75) is 39.2 Å². The van der Waals surface area contributed by atoms with Crippen LogP contribution in [0.15, 0.2) is 22.8 Å². The minimum atomic E-state index is -0.430. The van der Waals surface area contributed by atoms with Crippen molar-refractivity contribution in [3.63, 3.8) is 0 Å². The summed E-state index contributed by atoms with van der Waals surface area (Å²) < 4.78 is 6.26. The minimum Gasteiger partial charge on any atom is -0.444 e. The van der Waals surface area contributed by atoms with Crippen molar-refractivity contribution in [2.24, 2.45) is 5.92 Å². The number of rotatable bonds is 2. The lowest BCUT2D eigenvalue weighted by molar-refractivity contribution is 0.0288. The Labute approximate surface area is 128 Å². The van der Waals surface area contributed by atoms with Crippen LogP contribution >= 0.6 is 15.9 Å². The summed E-state index contributed by atoms with van der Waals surface area (Å²) in [6.45, 7) is 7.20. The Morgan fingerprint density at radius 1 is 1.50 bits per heavy atom. The van der Waals surface area contributed by atoms with Gasteiger partial charge in [0.1, 0.15) is 10.2 Å². The molecule has 0 spiro atoms. The van der Waals surface area contributed by atoms with Crippen LogP contribution in [0.25, 0.3) is 0 Å². The van der Waals surface area contributed by atoms with Gasteiger partial charge in [-0.2, -0.15) is 0 Å². The van der Waals surface area contributed by atoms with Gasteiger partial charge in [-0.05, 0) is 67.6 Å². The highest BCUT2D eigenvalue weighted by Gasteiger charge is 2.29. The molecule has 5 heteroatoms. The summed E-state index contributed by atoms with van der Waals surface area (Å²) in [6, 6.07) is 5.94. The lowest BCUT2D eigenvalue weighted by atomic mass is 10.0. The number of nitrogens with zero attached hydrogens (tertiary/aromatic N) is 2. The number of amides is 1. The van der Waals surface area contributed by atoms with E-state index >= 15 is 0 Å². The predicted molar refractivity (Wildman–Crippen MR) is 81.6 cm³/mol. The number of ether oxygens (including phenoxy) is 1. The van der Waals surface area contributed by atoms with E-state index in [1.54, 1.807) is 4.90 Å². The number of carbonyl (C=O) groups excluding carboxylic acids is 1. The molecule has 1 aliphatic heterocycles. The van der Waals surface area contributed by atoms with E-state index in [0.29, 0.717) is 5.92 Å². The van der Waals surface area contributed by atoms with E-state index in [1.165, 1.54) is 0 Å². The largest absolute Gasteiger partial charge is 0.444 e. The first-order chi connectivity index (χ1) is 9.33. The maximum Gasteiger partial charge on any atom is 0.410 e. The van der Waals surface area contributed by atoms with Crippen molar-refractivity contribution in [3.8, 4) is 0 Å². The second kappa shape index (κ2) is 6.12. The Morgan fingerprint density at radius 3 is 2.90 bits per heavy atom.